The van der Waals surface area contributed by atoms with E-state index in [1.807, 2.05) is 12.1 Å². The maximum Gasteiger partial charge on any atom is 0.163 e. The lowest BCUT2D eigenvalue weighted by Crippen LogP contribution is -2.03. The van der Waals surface area contributed by atoms with E-state index in [9.17, 15) is 0 Å². The van der Waals surface area contributed by atoms with Gasteiger partial charge in [0.15, 0.2) is 11.5 Å². The Morgan fingerprint density at radius 1 is 0.727 bits per heavy atom. The minimum absolute atomic E-state index is 0.713. The summed E-state index contributed by atoms with van der Waals surface area (Å²) in [5.41, 5.74) is 1.68. The molecular formula is C18H26N2O2. The molecule has 0 atom stereocenters. The summed E-state index contributed by atoms with van der Waals surface area (Å²) in [6, 6.07) is 3.87. The first-order valence-electron chi connectivity index (χ1n) is 8.35. The van der Waals surface area contributed by atoms with Crippen molar-refractivity contribution in [2.24, 2.45) is 0 Å². The van der Waals surface area contributed by atoms with Gasteiger partial charge in [-0.05, 0) is 12.8 Å². The highest BCUT2D eigenvalue weighted by Crippen LogP contribution is 2.31. The molecule has 120 valence electrons. The van der Waals surface area contributed by atoms with E-state index in [0.29, 0.717) is 13.2 Å². The Balaban J connectivity index is 2.09. The number of rotatable bonds is 10. The zero-order valence-electron chi connectivity index (χ0n) is 13.7. The zero-order valence-corrected chi connectivity index (χ0v) is 13.7. The Bertz CT molecular complexity index is 522. The van der Waals surface area contributed by atoms with Crippen molar-refractivity contribution >= 4 is 11.0 Å². The Kier molecular flexibility index (Phi) is 6.94. The molecule has 0 bridgehead atoms. The summed E-state index contributed by atoms with van der Waals surface area (Å²) in [6.45, 7) is 5.80. The van der Waals surface area contributed by atoms with Gasteiger partial charge < -0.3 is 9.47 Å². The Hall–Kier alpha value is -1.84. The summed E-state index contributed by atoms with van der Waals surface area (Å²) in [6.07, 6.45) is 10.3. The molecule has 0 fully saturated rings. The van der Waals surface area contributed by atoms with E-state index in [0.717, 1.165) is 35.4 Å². The number of benzene rings is 1. The van der Waals surface area contributed by atoms with Crippen LogP contribution in [0.25, 0.3) is 11.0 Å². The average Bonchev–Trinajstić information content (AvgIpc) is 2.55. The molecular weight excluding hydrogens is 276 g/mol. The number of unbranched alkanes of at least 4 members (excludes halogenated alkanes) is 4. The van der Waals surface area contributed by atoms with Crippen molar-refractivity contribution in [1.29, 1.82) is 0 Å². The lowest BCUT2D eigenvalue weighted by atomic mass is 10.2. The molecule has 0 saturated carbocycles. The third-order valence-corrected chi connectivity index (χ3v) is 3.55. The van der Waals surface area contributed by atoms with E-state index >= 15 is 0 Å². The van der Waals surface area contributed by atoms with Gasteiger partial charge in [-0.1, -0.05) is 39.5 Å². The number of fused-ring (bicyclic) bond motifs is 1. The first-order chi connectivity index (χ1) is 10.8. The van der Waals surface area contributed by atoms with Crippen molar-refractivity contribution in [3.05, 3.63) is 24.5 Å². The molecule has 1 aromatic heterocycles. The molecule has 0 aliphatic carbocycles. The third-order valence-electron chi connectivity index (χ3n) is 3.55. The van der Waals surface area contributed by atoms with E-state index in [1.54, 1.807) is 12.4 Å². The number of hydrogen-bond acceptors (Lipinski definition) is 4. The fraction of sp³-hybridized carbons (Fsp3) is 0.556. The van der Waals surface area contributed by atoms with Gasteiger partial charge in [0.2, 0.25) is 0 Å². The average molecular weight is 302 g/mol. The van der Waals surface area contributed by atoms with Gasteiger partial charge in [0, 0.05) is 24.5 Å². The molecule has 0 saturated heterocycles. The van der Waals surface area contributed by atoms with Gasteiger partial charge in [-0.15, -0.1) is 0 Å². The normalized spacial score (nSPS) is 10.8. The molecule has 1 aromatic carbocycles. The SMILES string of the molecule is CCCCCOc1cc2nccnc2cc1OCCCCC. The Morgan fingerprint density at radius 3 is 1.59 bits per heavy atom. The number of hydrogen-bond donors (Lipinski definition) is 0. The van der Waals surface area contributed by atoms with Gasteiger partial charge >= 0.3 is 0 Å². The van der Waals surface area contributed by atoms with Crippen LogP contribution >= 0.6 is 0 Å². The van der Waals surface area contributed by atoms with Gasteiger partial charge in [0.25, 0.3) is 0 Å². The fourth-order valence-electron chi connectivity index (χ4n) is 2.27. The molecule has 0 aliphatic rings. The van der Waals surface area contributed by atoms with Crippen LogP contribution < -0.4 is 9.47 Å². The minimum Gasteiger partial charge on any atom is -0.490 e. The summed E-state index contributed by atoms with van der Waals surface area (Å²) in [7, 11) is 0. The first-order valence-corrected chi connectivity index (χ1v) is 8.35. The molecule has 0 aliphatic heterocycles. The molecule has 0 amide bonds. The second-order valence-electron chi connectivity index (χ2n) is 5.46. The summed E-state index contributed by atoms with van der Waals surface area (Å²) >= 11 is 0. The first kappa shape index (κ1) is 16.5. The van der Waals surface area contributed by atoms with Crippen LogP contribution in [0.4, 0.5) is 0 Å². The molecule has 0 spiro atoms. The molecule has 4 heteroatoms. The van der Waals surface area contributed by atoms with Crippen LogP contribution in [0.15, 0.2) is 24.5 Å². The van der Waals surface area contributed by atoms with Crippen molar-refractivity contribution in [3.63, 3.8) is 0 Å². The van der Waals surface area contributed by atoms with Gasteiger partial charge in [-0.25, -0.2) is 0 Å². The standard InChI is InChI=1S/C18H26N2O2/c1-3-5-7-11-21-17-13-15-16(20-10-9-19-15)14-18(17)22-12-8-6-4-2/h9-10,13-14H,3-8,11-12H2,1-2H3. The smallest absolute Gasteiger partial charge is 0.163 e. The van der Waals surface area contributed by atoms with Gasteiger partial charge in [0.1, 0.15) is 0 Å². The highest BCUT2D eigenvalue weighted by molar-refractivity contribution is 5.78. The predicted molar refractivity (Wildman–Crippen MR) is 89.6 cm³/mol. The van der Waals surface area contributed by atoms with E-state index in [-0.39, 0.29) is 0 Å². The maximum absolute atomic E-state index is 5.91. The largest absolute Gasteiger partial charge is 0.490 e. The summed E-state index contributed by atoms with van der Waals surface area (Å²) in [5, 5.41) is 0. The van der Waals surface area contributed by atoms with Crippen LogP contribution in [0, 0.1) is 0 Å². The van der Waals surface area contributed by atoms with E-state index in [1.165, 1.54) is 25.7 Å². The molecule has 1 heterocycles. The summed E-state index contributed by atoms with van der Waals surface area (Å²) in [5.74, 6) is 1.56. The van der Waals surface area contributed by atoms with Gasteiger partial charge in [0.05, 0.1) is 24.2 Å². The van der Waals surface area contributed by atoms with Crippen molar-refractivity contribution in [2.75, 3.05) is 13.2 Å². The minimum atomic E-state index is 0.713. The molecule has 0 unspecified atom stereocenters. The van der Waals surface area contributed by atoms with E-state index in [2.05, 4.69) is 23.8 Å². The molecule has 2 aromatic rings. The lowest BCUT2D eigenvalue weighted by Gasteiger charge is -2.13. The number of nitrogens with zero attached hydrogens (tertiary/aromatic N) is 2. The van der Waals surface area contributed by atoms with Crippen LogP contribution in [0.3, 0.4) is 0 Å². The summed E-state index contributed by atoms with van der Waals surface area (Å²) < 4.78 is 11.8. The van der Waals surface area contributed by atoms with Crippen molar-refractivity contribution in [3.8, 4) is 11.5 Å². The second kappa shape index (κ2) is 9.23. The third kappa shape index (κ3) is 4.86. The predicted octanol–water partition coefficient (Wildman–Crippen LogP) is 4.77. The van der Waals surface area contributed by atoms with E-state index in [4.69, 9.17) is 9.47 Å². The topological polar surface area (TPSA) is 44.2 Å². The zero-order chi connectivity index (χ0) is 15.6. The van der Waals surface area contributed by atoms with Crippen molar-refractivity contribution in [2.45, 2.75) is 52.4 Å². The van der Waals surface area contributed by atoms with Crippen LogP contribution in [0.1, 0.15) is 52.4 Å². The fourth-order valence-corrected chi connectivity index (χ4v) is 2.27. The highest BCUT2D eigenvalue weighted by atomic mass is 16.5. The number of ether oxygens (including phenoxy) is 2. The van der Waals surface area contributed by atoms with Crippen molar-refractivity contribution < 1.29 is 9.47 Å². The summed E-state index contributed by atoms with van der Waals surface area (Å²) in [4.78, 5) is 8.68. The molecule has 22 heavy (non-hydrogen) atoms. The van der Waals surface area contributed by atoms with Crippen LogP contribution in [0.2, 0.25) is 0 Å². The molecule has 4 nitrogen and oxygen atoms in total. The molecule has 0 radical (unpaired) electrons. The van der Waals surface area contributed by atoms with Gasteiger partial charge in [-0.2, -0.15) is 0 Å². The second-order valence-corrected chi connectivity index (χ2v) is 5.46. The highest BCUT2D eigenvalue weighted by Gasteiger charge is 2.09. The van der Waals surface area contributed by atoms with Crippen molar-refractivity contribution in [1.82, 2.24) is 9.97 Å². The van der Waals surface area contributed by atoms with Gasteiger partial charge in [-0.3, -0.25) is 9.97 Å². The lowest BCUT2D eigenvalue weighted by molar-refractivity contribution is 0.260. The van der Waals surface area contributed by atoms with Crippen LogP contribution in [-0.2, 0) is 0 Å². The number of aromatic nitrogens is 2. The van der Waals surface area contributed by atoms with Crippen LogP contribution in [0.5, 0.6) is 11.5 Å². The van der Waals surface area contributed by atoms with Crippen LogP contribution in [-0.4, -0.2) is 23.2 Å². The Morgan fingerprint density at radius 2 is 1.18 bits per heavy atom. The van der Waals surface area contributed by atoms with E-state index < -0.39 is 0 Å². The monoisotopic (exact) mass is 302 g/mol. The Labute approximate surface area is 132 Å². The quantitative estimate of drug-likeness (QED) is 0.593. The maximum atomic E-state index is 5.91. The molecule has 0 N–H and O–H groups in total. The molecule has 2 rings (SSSR count).